The Morgan fingerprint density at radius 1 is 1.19 bits per heavy atom. The summed E-state index contributed by atoms with van der Waals surface area (Å²) in [4.78, 5) is 25.5. The molecule has 1 amide bonds. The van der Waals surface area contributed by atoms with E-state index in [4.69, 9.17) is 0 Å². The Balaban J connectivity index is 1.74. The Bertz CT molecular complexity index is 774. The summed E-state index contributed by atoms with van der Waals surface area (Å²) in [7, 11) is 3.77. The number of nitrogens with one attached hydrogen (secondary N) is 1. The average Bonchev–Trinajstić information content (AvgIpc) is 2.64. The van der Waals surface area contributed by atoms with Crippen molar-refractivity contribution < 1.29 is 9.18 Å². The van der Waals surface area contributed by atoms with Crippen LogP contribution in [0.1, 0.15) is 6.92 Å². The fourth-order valence-electron chi connectivity index (χ4n) is 2.74. The van der Waals surface area contributed by atoms with Gasteiger partial charge in [-0.2, -0.15) is 4.98 Å². The maximum absolute atomic E-state index is 14.2. The standard InChI is InChI=1S/C18H23FN6O/c1-13(26)24(3)15-6-4-14(5-7-15)21-18-20-12-16(19)17(22-18)25-10-8-23(2)9-11-25/h4-7,12H,8-11H2,1-3H3,(H,20,21,22). The van der Waals surface area contributed by atoms with Gasteiger partial charge in [0.05, 0.1) is 6.20 Å². The number of halogens is 1. The number of benzene rings is 1. The molecule has 0 bridgehead atoms. The van der Waals surface area contributed by atoms with Crippen LogP contribution in [0.2, 0.25) is 0 Å². The molecule has 1 aliphatic rings. The number of piperazine rings is 1. The molecule has 3 rings (SSSR count). The smallest absolute Gasteiger partial charge is 0.229 e. The normalized spacial score (nSPS) is 15.0. The first kappa shape index (κ1) is 18.1. The highest BCUT2D eigenvalue weighted by Crippen LogP contribution is 2.22. The number of rotatable bonds is 4. The van der Waals surface area contributed by atoms with Gasteiger partial charge in [0.25, 0.3) is 0 Å². The lowest BCUT2D eigenvalue weighted by atomic mass is 10.2. The van der Waals surface area contributed by atoms with Crippen LogP contribution in [-0.4, -0.2) is 61.0 Å². The van der Waals surface area contributed by atoms with E-state index in [1.54, 1.807) is 11.9 Å². The minimum absolute atomic E-state index is 0.0376. The maximum atomic E-state index is 14.2. The quantitative estimate of drug-likeness (QED) is 0.903. The average molecular weight is 358 g/mol. The maximum Gasteiger partial charge on any atom is 0.229 e. The van der Waals surface area contributed by atoms with Crippen molar-refractivity contribution >= 4 is 29.0 Å². The molecule has 8 heteroatoms. The number of hydrogen-bond acceptors (Lipinski definition) is 6. The van der Waals surface area contributed by atoms with Gasteiger partial charge in [-0.3, -0.25) is 4.79 Å². The lowest BCUT2D eigenvalue weighted by Crippen LogP contribution is -2.45. The summed E-state index contributed by atoms with van der Waals surface area (Å²) in [6, 6.07) is 7.32. The second-order valence-electron chi connectivity index (χ2n) is 6.41. The molecule has 1 aromatic heterocycles. The van der Waals surface area contributed by atoms with Crippen molar-refractivity contribution in [1.82, 2.24) is 14.9 Å². The molecular weight excluding hydrogens is 335 g/mol. The Hall–Kier alpha value is -2.74. The first-order chi connectivity index (χ1) is 12.4. The van der Waals surface area contributed by atoms with Crippen LogP contribution >= 0.6 is 0 Å². The summed E-state index contributed by atoms with van der Waals surface area (Å²) in [6.07, 6.45) is 1.20. The number of amides is 1. The van der Waals surface area contributed by atoms with Gasteiger partial charge in [0, 0.05) is 51.5 Å². The molecule has 1 saturated heterocycles. The molecule has 0 spiro atoms. The molecule has 0 aliphatic carbocycles. The van der Waals surface area contributed by atoms with E-state index in [1.807, 2.05) is 36.2 Å². The summed E-state index contributed by atoms with van der Waals surface area (Å²) >= 11 is 0. The van der Waals surface area contributed by atoms with Gasteiger partial charge < -0.3 is 20.0 Å². The SMILES string of the molecule is CC(=O)N(C)c1ccc(Nc2ncc(F)c(N3CCN(C)CC3)n2)cc1. The highest BCUT2D eigenvalue weighted by Gasteiger charge is 2.19. The van der Waals surface area contributed by atoms with Crippen molar-refractivity contribution in [3.63, 3.8) is 0 Å². The van der Waals surface area contributed by atoms with Crippen LogP contribution in [0.15, 0.2) is 30.5 Å². The zero-order valence-electron chi connectivity index (χ0n) is 15.2. The van der Waals surface area contributed by atoms with Gasteiger partial charge in [0.1, 0.15) is 0 Å². The van der Waals surface area contributed by atoms with Crippen LogP contribution in [-0.2, 0) is 4.79 Å². The van der Waals surface area contributed by atoms with Crippen molar-refractivity contribution in [2.24, 2.45) is 0 Å². The molecule has 138 valence electrons. The highest BCUT2D eigenvalue weighted by atomic mass is 19.1. The predicted octanol–water partition coefficient (Wildman–Crippen LogP) is 2.09. The van der Waals surface area contributed by atoms with E-state index in [0.717, 1.165) is 37.6 Å². The molecule has 0 unspecified atom stereocenters. The van der Waals surface area contributed by atoms with E-state index in [0.29, 0.717) is 11.8 Å². The van der Waals surface area contributed by atoms with Crippen LogP contribution < -0.4 is 15.1 Å². The third-order valence-corrected chi connectivity index (χ3v) is 4.51. The van der Waals surface area contributed by atoms with E-state index >= 15 is 0 Å². The lowest BCUT2D eigenvalue weighted by molar-refractivity contribution is -0.116. The topological polar surface area (TPSA) is 64.6 Å². The molecule has 2 heterocycles. The van der Waals surface area contributed by atoms with Gasteiger partial charge in [-0.15, -0.1) is 0 Å². The first-order valence-electron chi connectivity index (χ1n) is 8.51. The van der Waals surface area contributed by atoms with Crippen LogP contribution in [0, 0.1) is 5.82 Å². The van der Waals surface area contributed by atoms with Crippen molar-refractivity contribution in [3.8, 4) is 0 Å². The molecule has 26 heavy (non-hydrogen) atoms. The van der Waals surface area contributed by atoms with E-state index in [1.165, 1.54) is 13.1 Å². The third kappa shape index (κ3) is 4.08. The Labute approximate surface area is 152 Å². The second kappa shape index (κ2) is 7.65. The van der Waals surface area contributed by atoms with Gasteiger partial charge in [-0.25, -0.2) is 9.37 Å². The minimum atomic E-state index is -0.418. The Morgan fingerprint density at radius 3 is 2.46 bits per heavy atom. The third-order valence-electron chi connectivity index (χ3n) is 4.51. The largest absolute Gasteiger partial charge is 0.351 e. The molecule has 7 nitrogen and oxygen atoms in total. The van der Waals surface area contributed by atoms with Gasteiger partial charge in [-0.05, 0) is 31.3 Å². The number of aromatic nitrogens is 2. The predicted molar refractivity (Wildman–Crippen MR) is 101 cm³/mol. The number of anilines is 4. The molecule has 1 fully saturated rings. The van der Waals surface area contributed by atoms with Crippen molar-refractivity contribution in [2.75, 3.05) is 55.4 Å². The Morgan fingerprint density at radius 2 is 1.85 bits per heavy atom. The van der Waals surface area contributed by atoms with Gasteiger partial charge in [0.2, 0.25) is 11.9 Å². The van der Waals surface area contributed by atoms with Crippen LogP contribution in [0.25, 0.3) is 0 Å². The summed E-state index contributed by atoms with van der Waals surface area (Å²) in [5.74, 6) is 0.208. The second-order valence-corrected chi connectivity index (χ2v) is 6.41. The zero-order chi connectivity index (χ0) is 18.7. The molecule has 2 aromatic rings. The number of likely N-dealkylation sites (N-methyl/N-ethyl adjacent to an activating group) is 1. The van der Waals surface area contributed by atoms with Crippen molar-refractivity contribution in [2.45, 2.75) is 6.92 Å². The summed E-state index contributed by atoms with van der Waals surface area (Å²) in [5, 5.41) is 3.09. The van der Waals surface area contributed by atoms with E-state index in [2.05, 4.69) is 20.2 Å². The fraction of sp³-hybridized carbons (Fsp3) is 0.389. The molecule has 1 N–H and O–H groups in total. The van der Waals surface area contributed by atoms with Gasteiger partial charge >= 0.3 is 0 Å². The van der Waals surface area contributed by atoms with E-state index in [9.17, 15) is 9.18 Å². The van der Waals surface area contributed by atoms with Crippen LogP contribution in [0.3, 0.4) is 0 Å². The lowest BCUT2D eigenvalue weighted by Gasteiger charge is -2.33. The monoisotopic (exact) mass is 358 g/mol. The van der Waals surface area contributed by atoms with Crippen molar-refractivity contribution in [1.29, 1.82) is 0 Å². The molecule has 1 aliphatic heterocycles. The Kier molecular flexibility index (Phi) is 5.32. The molecule has 0 atom stereocenters. The minimum Gasteiger partial charge on any atom is -0.351 e. The van der Waals surface area contributed by atoms with E-state index in [-0.39, 0.29) is 5.91 Å². The number of hydrogen-bond donors (Lipinski definition) is 1. The number of carbonyl (C=O) groups is 1. The summed E-state index contributed by atoms with van der Waals surface area (Å²) in [5.41, 5.74) is 1.56. The first-order valence-corrected chi connectivity index (χ1v) is 8.51. The number of carbonyl (C=O) groups excluding carboxylic acids is 1. The highest BCUT2D eigenvalue weighted by molar-refractivity contribution is 5.91. The molecule has 0 saturated carbocycles. The zero-order valence-corrected chi connectivity index (χ0v) is 15.2. The molecule has 0 radical (unpaired) electrons. The molecular formula is C18H23FN6O. The summed E-state index contributed by atoms with van der Waals surface area (Å²) < 4.78 is 14.2. The van der Waals surface area contributed by atoms with Crippen molar-refractivity contribution in [3.05, 3.63) is 36.3 Å². The number of nitrogens with zero attached hydrogens (tertiary/aromatic N) is 5. The summed E-state index contributed by atoms with van der Waals surface area (Å²) in [6.45, 7) is 4.72. The molecule has 1 aromatic carbocycles. The fourth-order valence-corrected chi connectivity index (χ4v) is 2.74. The van der Waals surface area contributed by atoms with Crippen LogP contribution in [0.5, 0.6) is 0 Å². The van der Waals surface area contributed by atoms with Gasteiger partial charge in [-0.1, -0.05) is 0 Å². The van der Waals surface area contributed by atoms with Gasteiger partial charge in [0.15, 0.2) is 11.6 Å². The van der Waals surface area contributed by atoms with Crippen LogP contribution in [0.4, 0.5) is 27.5 Å². The van der Waals surface area contributed by atoms with E-state index < -0.39 is 5.82 Å².